The van der Waals surface area contributed by atoms with Crippen molar-refractivity contribution in [2.45, 2.75) is 37.0 Å². The van der Waals surface area contributed by atoms with Gasteiger partial charge in [0.1, 0.15) is 11.6 Å². The van der Waals surface area contributed by atoms with Gasteiger partial charge in [-0.1, -0.05) is 6.42 Å². The van der Waals surface area contributed by atoms with E-state index < -0.39 is 11.6 Å². The first-order valence-electron chi connectivity index (χ1n) is 6.09. The molecule has 1 aliphatic rings. The van der Waals surface area contributed by atoms with Crippen molar-refractivity contribution in [1.82, 2.24) is 0 Å². The predicted octanol–water partition coefficient (Wildman–Crippen LogP) is 3.88. The van der Waals surface area contributed by atoms with E-state index in [0.717, 1.165) is 18.6 Å². The lowest BCUT2D eigenvalue weighted by molar-refractivity contribution is 0.509. The van der Waals surface area contributed by atoms with Crippen molar-refractivity contribution < 1.29 is 8.78 Å². The minimum atomic E-state index is -0.522. The fourth-order valence-corrected chi connectivity index (χ4v) is 3.95. The Bertz CT molecular complexity index is 422. The van der Waals surface area contributed by atoms with Crippen molar-refractivity contribution in [3.63, 3.8) is 0 Å². The van der Waals surface area contributed by atoms with Crippen LogP contribution < -0.4 is 5.73 Å². The summed E-state index contributed by atoms with van der Waals surface area (Å²) in [5, 5.41) is 0.316. The monoisotopic (exact) mass is 335 g/mol. The van der Waals surface area contributed by atoms with E-state index >= 15 is 0 Å². The Labute approximate surface area is 119 Å². The number of halogens is 3. The van der Waals surface area contributed by atoms with E-state index in [-0.39, 0.29) is 18.0 Å². The molecule has 2 rings (SSSR count). The number of hydrogen-bond acceptors (Lipinski definition) is 2. The normalized spacial score (nSPS) is 21.9. The summed E-state index contributed by atoms with van der Waals surface area (Å²) in [6.45, 7) is 0. The molecule has 2 unspecified atom stereocenters. The molecule has 1 aromatic carbocycles. The van der Waals surface area contributed by atoms with Gasteiger partial charge >= 0.3 is 0 Å². The van der Waals surface area contributed by atoms with Crippen LogP contribution in [-0.2, 0) is 6.42 Å². The van der Waals surface area contributed by atoms with Crippen molar-refractivity contribution in [2.24, 2.45) is 5.73 Å². The van der Waals surface area contributed by atoms with E-state index in [4.69, 9.17) is 5.73 Å². The standard InChI is InChI=1S/C13H16BrF2NS/c14-9-4-5-10(15)8(13(9)16)7-11(17)12-3-1-2-6-18-12/h4-5,11-12H,1-3,6-7,17H2. The minimum Gasteiger partial charge on any atom is -0.326 e. The van der Waals surface area contributed by atoms with E-state index in [9.17, 15) is 8.78 Å². The number of hydrogen-bond donors (Lipinski definition) is 1. The fourth-order valence-electron chi connectivity index (χ4n) is 2.23. The van der Waals surface area contributed by atoms with Gasteiger partial charge in [0.25, 0.3) is 0 Å². The van der Waals surface area contributed by atoms with Gasteiger partial charge in [-0.2, -0.15) is 11.8 Å². The number of nitrogens with two attached hydrogens (primary N) is 1. The Balaban J connectivity index is 2.10. The fraction of sp³-hybridized carbons (Fsp3) is 0.538. The molecule has 1 heterocycles. The third kappa shape index (κ3) is 3.25. The molecule has 2 N–H and O–H groups in total. The zero-order chi connectivity index (χ0) is 13.1. The maximum absolute atomic E-state index is 13.8. The van der Waals surface area contributed by atoms with E-state index in [0.29, 0.717) is 9.72 Å². The summed E-state index contributed by atoms with van der Waals surface area (Å²) in [6.07, 6.45) is 3.68. The van der Waals surface area contributed by atoms with Gasteiger partial charge in [0, 0.05) is 16.9 Å². The number of benzene rings is 1. The molecule has 0 amide bonds. The maximum Gasteiger partial charge on any atom is 0.143 e. The van der Waals surface area contributed by atoms with Crippen LogP contribution in [0.25, 0.3) is 0 Å². The highest BCUT2D eigenvalue weighted by molar-refractivity contribution is 9.10. The van der Waals surface area contributed by atoms with Crippen molar-refractivity contribution >= 4 is 27.7 Å². The molecule has 100 valence electrons. The lowest BCUT2D eigenvalue weighted by Gasteiger charge is -2.27. The molecule has 1 aliphatic heterocycles. The highest BCUT2D eigenvalue weighted by atomic mass is 79.9. The molecule has 2 atom stereocenters. The van der Waals surface area contributed by atoms with Gasteiger partial charge in [0.2, 0.25) is 0 Å². The Morgan fingerprint density at radius 3 is 2.83 bits per heavy atom. The molecular formula is C13H16BrF2NS. The average Bonchev–Trinajstić information content (AvgIpc) is 2.40. The molecule has 0 aromatic heterocycles. The third-order valence-corrected chi connectivity index (χ3v) is 5.42. The Hall–Kier alpha value is -0.130. The molecule has 1 nitrogen and oxygen atoms in total. The van der Waals surface area contributed by atoms with Gasteiger partial charge in [-0.05, 0) is 53.1 Å². The quantitative estimate of drug-likeness (QED) is 0.848. The summed E-state index contributed by atoms with van der Waals surface area (Å²) >= 11 is 4.90. The number of thioether (sulfide) groups is 1. The van der Waals surface area contributed by atoms with Crippen LogP contribution in [0.1, 0.15) is 24.8 Å². The van der Waals surface area contributed by atoms with E-state index in [1.807, 2.05) is 11.8 Å². The summed E-state index contributed by atoms with van der Waals surface area (Å²) in [4.78, 5) is 0. The average molecular weight is 336 g/mol. The van der Waals surface area contributed by atoms with Gasteiger partial charge in [-0.3, -0.25) is 0 Å². The Morgan fingerprint density at radius 1 is 1.39 bits per heavy atom. The smallest absolute Gasteiger partial charge is 0.143 e. The van der Waals surface area contributed by atoms with Crippen LogP contribution in [0.4, 0.5) is 8.78 Å². The Morgan fingerprint density at radius 2 is 2.17 bits per heavy atom. The van der Waals surface area contributed by atoms with Gasteiger partial charge in [0.05, 0.1) is 4.47 Å². The lowest BCUT2D eigenvalue weighted by atomic mass is 9.99. The van der Waals surface area contributed by atoms with E-state index in [1.54, 1.807) is 0 Å². The molecule has 5 heteroatoms. The van der Waals surface area contributed by atoms with Gasteiger partial charge in [0.15, 0.2) is 0 Å². The molecule has 1 saturated heterocycles. The molecule has 0 spiro atoms. The van der Waals surface area contributed by atoms with Gasteiger partial charge in [-0.25, -0.2) is 8.78 Å². The topological polar surface area (TPSA) is 26.0 Å². The first kappa shape index (κ1) is 14.3. The minimum absolute atomic E-state index is 0.100. The molecule has 0 aliphatic carbocycles. The van der Waals surface area contributed by atoms with Crippen molar-refractivity contribution in [1.29, 1.82) is 0 Å². The SMILES string of the molecule is NC(Cc1c(F)ccc(Br)c1F)C1CCCCS1. The summed E-state index contributed by atoms with van der Waals surface area (Å²) < 4.78 is 27.8. The van der Waals surface area contributed by atoms with Crippen LogP contribution in [0, 0.1) is 11.6 Å². The highest BCUT2D eigenvalue weighted by Gasteiger charge is 2.24. The van der Waals surface area contributed by atoms with Crippen molar-refractivity contribution in [2.75, 3.05) is 5.75 Å². The molecule has 1 aromatic rings. The van der Waals surface area contributed by atoms with Crippen LogP contribution in [0.15, 0.2) is 16.6 Å². The molecule has 0 radical (unpaired) electrons. The lowest BCUT2D eigenvalue weighted by Crippen LogP contribution is -2.36. The largest absolute Gasteiger partial charge is 0.326 e. The van der Waals surface area contributed by atoms with Gasteiger partial charge in [-0.15, -0.1) is 0 Å². The van der Waals surface area contributed by atoms with Crippen molar-refractivity contribution in [3.05, 3.63) is 33.8 Å². The van der Waals surface area contributed by atoms with Crippen LogP contribution in [0.2, 0.25) is 0 Å². The van der Waals surface area contributed by atoms with E-state index in [2.05, 4.69) is 15.9 Å². The van der Waals surface area contributed by atoms with Crippen LogP contribution in [-0.4, -0.2) is 17.0 Å². The molecular weight excluding hydrogens is 320 g/mol. The predicted molar refractivity (Wildman–Crippen MR) is 75.8 cm³/mol. The first-order valence-corrected chi connectivity index (χ1v) is 7.93. The Kier molecular flexibility index (Phi) is 5.04. The summed E-state index contributed by atoms with van der Waals surface area (Å²) in [6, 6.07) is 2.48. The molecule has 18 heavy (non-hydrogen) atoms. The molecule has 0 bridgehead atoms. The van der Waals surface area contributed by atoms with Crippen LogP contribution >= 0.6 is 27.7 Å². The second-order valence-electron chi connectivity index (χ2n) is 4.59. The van der Waals surface area contributed by atoms with Crippen LogP contribution in [0.5, 0.6) is 0 Å². The second kappa shape index (κ2) is 6.35. The third-order valence-electron chi connectivity index (χ3n) is 3.27. The van der Waals surface area contributed by atoms with Gasteiger partial charge < -0.3 is 5.73 Å². The molecule has 0 saturated carbocycles. The second-order valence-corrected chi connectivity index (χ2v) is 6.80. The highest BCUT2D eigenvalue weighted by Crippen LogP contribution is 2.30. The first-order chi connectivity index (χ1) is 8.59. The van der Waals surface area contributed by atoms with Crippen molar-refractivity contribution in [3.8, 4) is 0 Å². The zero-order valence-corrected chi connectivity index (χ0v) is 12.4. The zero-order valence-electron chi connectivity index (χ0n) is 9.96. The maximum atomic E-state index is 13.8. The summed E-state index contributed by atoms with van der Waals surface area (Å²) in [7, 11) is 0. The summed E-state index contributed by atoms with van der Waals surface area (Å²) in [5.41, 5.74) is 6.20. The van der Waals surface area contributed by atoms with E-state index in [1.165, 1.54) is 18.6 Å². The number of rotatable bonds is 3. The summed E-state index contributed by atoms with van der Waals surface area (Å²) in [5.74, 6) is 0.0696. The molecule has 1 fully saturated rings. The van der Waals surface area contributed by atoms with Crippen LogP contribution in [0.3, 0.4) is 0 Å².